The van der Waals surface area contributed by atoms with Crippen molar-refractivity contribution in [3.05, 3.63) is 71.8 Å². The molecule has 3 heterocycles. The number of aromatic nitrogens is 3. The number of carbonyl (C=O) groups is 1. The molecule has 210 valence electrons. The Labute approximate surface area is 228 Å². The quantitative estimate of drug-likeness (QED) is 0.264. The molecule has 12 heteroatoms. The molecule has 40 heavy (non-hydrogen) atoms. The summed E-state index contributed by atoms with van der Waals surface area (Å²) in [4.78, 5) is 23.5. The summed E-state index contributed by atoms with van der Waals surface area (Å²) in [6.07, 6.45) is 0.0587. The van der Waals surface area contributed by atoms with E-state index in [9.17, 15) is 22.4 Å². The van der Waals surface area contributed by atoms with E-state index in [4.69, 9.17) is 4.74 Å². The molecule has 0 bridgehead atoms. The number of benzene rings is 2. The number of nitrogens with zero attached hydrogens (tertiary/aromatic N) is 4. The number of likely N-dealkylation sites (tertiary alicyclic amines) is 1. The predicted molar refractivity (Wildman–Crippen MR) is 142 cm³/mol. The van der Waals surface area contributed by atoms with Crippen LogP contribution < -0.4 is 15.4 Å². The van der Waals surface area contributed by atoms with Crippen LogP contribution >= 0.6 is 0 Å². The Hall–Kier alpha value is -4.19. The summed E-state index contributed by atoms with van der Waals surface area (Å²) in [5.74, 6) is -0.159. The number of carbonyl (C=O) groups excluding carboxylic acids is 1. The van der Waals surface area contributed by atoms with Crippen molar-refractivity contribution >= 4 is 28.6 Å². The normalized spacial score (nSPS) is 15.9. The molecule has 1 saturated heterocycles. The molecule has 5 rings (SSSR count). The molecule has 2 aromatic carbocycles. The third-order valence-electron chi connectivity index (χ3n) is 7.03. The van der Waals surface area contributed by atoms with Gasteiger partial charge in [0.2, 0.25) is 5.95 Å². The second-order valence-electron chi connectivity index (χ2n) is 9.76. The van der Waals surface area contributed by atoms with E-state index >= 15 is 0 Å². The average molecular weight is 557 g/mol. The van der Waals surface area contributed by atoms with Crippen molar-refractivity contribution in [2.45, 2.75) is 31.5 Å². The van der Waals surface area contributed by atoms with Gasteiger partial charge in [-0.3, -0.25) is 9.78 Å². The van der Waals surface area contributed by atoms with Crippen molar-refractivity contribution in [3.63, 3.8) is 0 Å². The molecule has 2 aromatic heterocycles. The molecule has 1 amide bonds. The smallest absolute Gasteiger partial charge is 0.416 e. The molecule has 0 spiro atoms. The van der Waals surface area contributed by atoms with Gasteiger partial charge in [0.05, 0.1) is 22.3 Å². The van der Waals surface area contributed by atoms with Crippen molar-refractivity contribution in [1.82, 2.24) is 24.8 Å². The summed E-state index contributed by atoms with van der Waals surface area (Å²) < 4.78 is 61.1. The first-order valence-electron chi connectivity index (χ1n) is 12.8. The Bertz CT molecular complexity index is 1540. The molecule has 4 aromatic rings. The van der Waals surface area contributed by atoms with Crippen molar-refractivity contribution in [2.75, 3.05) is 25.5 Å². The maximum Gasteiger partial charge on any atom is 0.416 e. The van der Waals surface area contributed by atoms with E-state index in [1.807, 2.05) is 0 Å². The van der Waals surface area contributed by atoms with Crippen LogP contribution in [0.2, 0.25) is 0 Å². The van der Waals surface area contributed by atoms with Gasteiger partial charge in [-0.15, -0.1) is 0 Å². The Balaban J connectivity index is 1.28. The van der Waals surface area contributed by atoms with Crippen molar-refractivity contribution < 1.29 is 27.1 Å². The molecule has 1 fully saturated rings. The lowest BCUT2D eigenvalue weighted by molar-refractivity contribution is -0.137. The molecule has 8 nitrogen and oxygen atoms in total. The lowest BCUT2D eigenvalue weighted by Crippen LogP contribution is -2.32. The first-order chi connectivity index (χ1) is 19.1. The Morgan fingerprint density at radius 2 is 1.90 bits per heavy atom. The van der Waals surface area contributed by atoms with Gasteiger partial charge in [-0.25, -0.2) is 9.37 Å². The van der Waals surface area contributed by atoms with Gasteiger partial charge in [0, 0.05) is 38.0 Å². The fourth-order valence-corrected chi connectivity index (χ4v) is 4.79. The number of fused-ring (bicyclic) bond motifs is 1. The van der Waals surface area contributed by atoms with Crippen LogP contribution in [0.4, 0.5) is 29.2 Å². The third-order valence-corrected chi connectivity index (χ3v) is 7.03. The van der Waals surface area contributed by atoms with Crippen LogP contribution in [-0.4, -0.2) is 51.5 Å². The number of hydrogen-bond donors (Lipinski definition) is 2. The number of nitrogens with one attached hydrogen (secondary N) is 2. The number of ether oxygens (including phenoxy) is 1. The number of imidazole rings is 1. The molecule has 0 aliphatic carbocycles. The van der Waals surface area contributed by atoms with Gasteiger partial charge in [-0.2, -0.15) is 13.2 Å². The van der Waals surface area contributed by atoms with Crippen molar-refractivity contribution in [3.8, 4) is 11.5 Å². The number of amides is 1. The van der Waals surface area contributed by atoms with E-state index in [1.54, 1.807) is 41.9 Å². The molecule has 0 radical (unpaired) electrons. The van der Waals surface area contributed by atoms with Crippen LogP contribution in [0.3, 0.4) is 0 Å². The van der Waals surface area contributed by atoms with Crippen LogP contribution in [-0.2, 0) is 13.2 Å². The summed E-state index contributed by atoms with van der Waals surface area (Å²) >= 11 is 0. The van der Waals surface area contributed by atoms with Gasteiger partial charge >= 0.3 is 6.18 Å². The summed E-state index contributed by atoms with van der Waals surface area (Å²) in [6.45, 7) is 1.63. The van der Waals surface area contributed by atoms with Gasteiger partial charge in [0.25, 0.3) is 5.91 Å². The van der Waals surface area contributed by atoms with Crippen LogP contribution in [0.15, 0.2) is 54.7 Å². The fourth-order valence-electron chi connectivity index (χ4n) is 4.79. The van der Waals surface area contributed by atoms with Gasteiger partial charge in [-0.1, -0.05) is 0 Å². The van der Waals surface area contributed by atoms with Crippen LogP contribution in [0.5, 0.6) is 11.5 Å². The second-order valence-corrected chi connectivity index (χ2v) is 9.76. The standard InChI is InChI=1S/C28H28F4N6O2/c1-37-13-3-4-18(37)9-11-34-26(39)24-16-20(10-12-33-24)40-19-6-8-25-23(15-19)36-27(38(25)2)35-22-14-17(28(30,31)32)5-7-21(22)29/h5-8,10,12,14-16,18H,3-4,9,11,13H2,1-2H3,(H,34,39)(H,35,36). The Morgan fingerprint density at radius 3 is 2.65 bits per heavy atom. The van der Waals surface area contributed by atoms with E-state index in [0.29, 0.717) is 47.3 Å². The molecule has 0 saturated carbocycles. The number of halogens is 4. The number of anilines is 2. The summed E-state index contributed by atoms with van der Waals surface area (Å²) in [5.41, 5.74) is 0.0229. The van der Waals surface area contributed by atoms with Gasteiger partial charge in [0.15, 0.2) is 0 Å². The maximum atomic E-state index is 14.3. The highest BCUT2D eigenvalue weighted by Crippen LogP contribution is 2.33. The van der Waals surface area contributed by atoms with E-state index in [-0.39, 0.29) is 23.2 Å². The zero-order chi connectivity index (χ0) is 28.4. The third kappa shape index (κ3) is 6.01. The molecule has 1 atom stereocenters. The van der Waals surface area contributed by atoms with E-state index in [0.717, 1.165) is 25.5 Å². The van der Waals surface area contributed by atoms with Gasteiger partial charge in [-0.05, 0) is 69.3 Å². The van der Waals surface area contributed by atoms with Crippen molar-refractivity contribution in [1.29, 1.82) is 0 Å². The number of rotatable bonds is 8. The highest BCUT2D eigenvalue weighted by molar-refractivity contribution is 5.92. The predicted octanol–water partition coefficient (Wildman–Crippen LogP) is 5.88. The van der Waals surface area contributed by atoms with E-state index < -0.39 is 17.6 Å². The lowest BCUT2D eigenvalue weighted by atomic mass is 10.1. The molecule has 1 aliphatic heterocycles. The minimum absolute atomic E-state index is 0.150. The fraction of sp³-hybridized carbons (Fsp3) is 0.321. The minimum atomic E-state index is -4.61. The zero-order valence-corrected chi connectivity index (χ0v) is 21.9. The monoisotopic (exact) mass is 556 g/mol. The van der Waals surface area contributed by atoms with Crippen LogP contribution in [0.25, 0.3) is 11.0 Å². The highest BCUT2D eigenvalue weighted by atomic mass is 19.4. The SMILES string of the molecule is CN1CCCC1CCNC(=O)c1cc(Oc2ccc3c(c2)nc(Nc2cc(C(F)(F)F)ccc2F)n3C)ccn1. The first kappa shape index (κ1) is 27.4. The van der Waals surface area contributed by atoms with E-state index in [2.05, 4.69) is 32.5 Å². The average Bonchev–Trinajstić information content (AvgIpc) is 3.46. The maximum absolute atomic E-state index is 14.3. The Kier molecular flexibility index (Phi) is 7.61. The number of aryl methyl sites for hydroxylation is 1. The second kappa shape index (κ2) is 11.1. The van der Waals surface area contributed by atoms with Gasteiger partial charge < -0.3 is 24.8 Å². The molecular formula is C28H28F4N6O2. The number of hydrogen-bond acceptors (Lipinski definition) is 6. The van der Waals surface area contributed by atoms with Crippen LogP contribution in [0, 0.1) is 5.82 Å². The molecular weight excluding hydrogens is 528 g/mol. The summed E-state index contributed by atoms with van der Waals surface area (Å²) in [6, 6.07) is 10.8. The molecule has 2 N–H and O–H groups in total. The summed E-state index contributed by atoms with van der Waals surface area (Å²) in [7, 11) is 3.75. The number of pyridine rings is 1. The highest BCUT2D eigenvalue weighted by Gasteiger charge is 2.31. The van der Waals surface area contributed by atoms with E-state index in [1.165, 1.54) is 12.6 Å². The van der Waals surface area contributed by atoms with Crippen LogP contribution in [0.1, 0.15) is 35.3 Å². The number of alkyl halides is 3. The topological polar surface area (TPSA) is 84.3 Å². The summed E-state index contributed by atoms with van der Waals surface area (Å²) in [5, 5.41) is 5.56. The lowest BCUT2D eigenvalue weighted by Gasteiger charge is -2.19. The minimum Gasteiger partial charge on any atom is -0.457 e. The molecule has 1 aliphatic rings. The first-order valence-corrected chi connectivity index (χ1v) is 12.8. The largest absolute Gasteiger partial charge is 0.457 e. The zero-order valence-electron chi connectivity index (χ0n) is 21.9. The van der Waals surface area contributed by atoms with Gasteiger partial charge in [0.1, 0.15) is 23.0 Å². The Morgan fingerprint density at radius 1 is 1.10 bits per heavy atom. The molecule has 1 unspecified atom stereocenters. The van der Waals surface area contributed by atoms with Crippen molar-refractivity contribution in [2.24, 2.45) is 7.05 Å².